The minimum absolute atomic E-state index is 0.0301. The molecule has 4 aromatic carbocycles. The second-order valence-corrected chi connectivity index (χ2v) is 9.75. The highest BCUT2D eigenvalue weighted by atomic mass is 79.9. The molecule has 0 saturated heterocycles. The number of ether oxygens (including phenoxy) is 3. The number of carbonyl (C=O) groups is 1. The molecule has 4 rings (SSSR count). The fraction of sp³-hybridized carbons (Fsp3) is 0.125. The van der Waals surface area contributed by atoms with Gasteiger partial charge in [0.1, 0.15) is 30.6 Å². The number of hydrogen-bond donors (Lipinski definition) is 1. The van der Waals surface area contributed by atoms with Gasteiger partial charge < -0.3 is 19.5 Å². The van der Waals surface area contributed by atoms with Gasteiger partial charge in [-0.25, -0.2) is 0 Å². The van der Waals surface area contributed by atoms with Gasteiger partial charge in [-0.15, -0.1) is 0 Å². The van der Waals surface area contributed by atoms with E-state index in [1.54, 1.807) is 48.5 Å². The summed E-state index contributed by atoms with van der Waals surface area (Å²) in [7, 11) is 0. The van der Waals surface area contributed by atoms with Gasteiger partial charge in [-0.2, -0.15) is 5.26 Å². The van der Waals surface area contributed by atoms with Crippen LogP contribution in [-0.2, 0) is 18.0 Å². The Bertz CT molecular complexity index is 1630. The number of amides is 1. The summed E-state index contributed by atoms with van der Waals surface area (Å²) >= 11 is 3.48. The first-order chi connectivity index (χ1) is 20.4. The molecule has 1 N–H and O–H groups in total. The number of carbonyl (C=O) groups excluding carboxylic acids is 1. The molecule has 10 heteroatoms. The molecule has 0 spiro atoms. The van der Waals surface area contributed by atoms with Gasteiger partial charge in [-0.05, 0) is 66.1 Å². The summed E-state index contributed by atoms with van der Waals surface area (Å²) in [5.74, 6) is 0.852. The average molecular weight is 628 g/mol. The predicted octanol–water partition coefficient (Wildman–Crippen LogP) is 7.46. The largest absolute Gasteiger partial charge is 0.490 e. The lowest BCUT2D eigenvalue weighted by Gasteiger charge is -2.14. The van der Waals surface area contributed by atoms with Crippen molar-refractivity contribution in [2.75, 3.05) is 11.9 Å². The maximum atomic E-state index is 12.9. The van der Waals surface area contributed by atoms with Crippen molar-refractivity contribution < 1.29 is 23.9 Å². The summed E-state index contributed by atoms with van der Waals surface area (Å²) in [6.45, 7) is 2.65. The summed E-state index contributed by atoms with van der Waals surface area (Å²) in [6, 6.07) is 28.1. The lowest BCUT2D eigenvalue weighted by Crippen LogP contribution is -2.13. The zero-order valence-electron chi connectivity index (χ0n) is 22.6. The molecule has 4 aromatic rings. The first-order valence-corrected chi connectivity index (χ1v) is 13.7. The number of nitrogens with zero attached hydrogens (tertiary/aromatic N) is 2. The highest BCUT2D eigenvalue weighted by Gasteiger charge is 2.15. The maximum Gasteiger partial charge on any atom is 0.269 e. The molecule has 212 valence electrons. The Morgan fingerprint density at radius 1 is 0.929 bits per heavy atom. The predicted molar refractivity (Wildman–Crippen MR) is 162 cm³/mol. The standard InChI is InChI=1S/C32H26BrN3O6/c1-2-40-30-17-24(29(33)18-31(30)42-21-23-9-6-10-27(15-23)36(38)39)16-25(19-34)32(37)35-26-11-13-28(14-12-26)41-20-22-7-4-3-5-8-22/h3-18H,2,20-21H2,1H3,(H,35,37)/b25-16+. The van der Waals surface area contributed by atoms with Crippen molar-refractivity contribution in [1.82, 2.24) is 0 Å². The Morgan fingerprint density at radius 2 is 1.62 bits per heavy atom. The first-order valence-electron chi connectivity index (χ1n) is 12.9. The molecule has 0 aliphatic rings. The number of nitro groups is 1. The number of nitro benzene ring substituents is 1. The lowest BCUT2D eigenvalue weighted by atomic mass is 10.1. The summed E-state index contributed by atoms with van der Waals surface area (Å²) in [4.78, 5) is 23.5. The van der Waals surface area contributed by atoms with E-state index in [-0.39, 0.29) is 17.9 Å². The van der Waals surface area contributed by atoms with Crippen molar-refractivity contribution in [3.05, 3.63) is 128 Å². The van der Waals surface area contributed by atoms with Crippen LogP contribution < -0.4 is 19.5 Å². The molecule has 0 heterocycles. The van der Waals surface area contributed by atoms with Crippen LogP contribution in [0.3, 0.4) is 0 Å². The van der Waals surface area contributed by atoms with E-state index in [1.165, 1.54) is 18.2 Å². The third-order valence-electron chi connectivity index (χ3n) is 5.90. The highest BCUT2D eigenvalue weighted by Crippen LogP contribution is 2.35. The molecule has 9 nitrogen and oxygen atoms in total. The van der Waals surface area contributed by atoms with Gasteiger partial charge in [-0.1, -0.05) is 58.4 Å². The van der Waals surface area contributed by atoms with Crippen molar-refractivity contribution in [1.29, 1.82) is 5.26 Å². The van der Waals surface area contributed by atoms with Crippen LogP contribution >= 0.6 is 15.9 Å². The molecular weight excluding hydrogens is 602 g/mol. The zero-order chi connectivity index (χ0) is 29.9. The van der Waals surface area contributed by atoms with Crippen LogP contribution in [0.15, 0.2) is 101 Å². The van der Waals surface area contributed by atoms with Gasteiger partial charge in [0.25, 0.3) is 11.6 Å². The number of hydrogen-bond acceptors (Lipinski definition) is 7. The van der Waals surface area contributed by atoms with Crippen molar-refractivity contribution >= 4 is 39.3 Å². The topological polar surface area (TPSA) is 124 Å². The van der Waals surface area contributed by atoms with Crippen LogP contribution in [-0.4, -0.2) is 17.4 Å². The minimum atomic E-state index is -0.577. The van der Waals surface area contributed by atoms with Gasteiger partial charge in [0.05, 0.1) is 11.5 Å². The molecule has 0 atom stereocenters. The van der Waals surface area contributed by atoms with Crippen molar-refractivity contribution in [3.8, 4) is 23.3 Å². The molecule has 0 aromatic heterocycles. The van der Waals surface area contributed by atoms with Crippen LogP contribution in [0.1, 0.15) is 23.6 Å². The van der Waals surface area contributed by atoms with Crippen LogP contribution in [0.5, 0.6) is 17.2 Å². The van der Waals surface area contributed by atoms with E-state index in [9.17, 15) is 20.2 Å². The second-order valence-electron chi connectivity index (χ2n) is 8.89. The Kier molecular flexibility index (Phi) is 10.3. The van der Waals surface area contributed by atoms with Gasteiger partial charge in [0, 0.05) is 22.3 Å². The molecule has 42 heavy (non-hydrogen) atoms. The number of halogens is 1. The zero-order valence-corrected chi connectivity index (χ0v) is 24.2. The molecule has 1 amide bonds. The quantitative estimate of drug-likeness (QED) is 0.0748. The van der Waals surface area contributed by atoms with Gasteiger partial charge in [-0.3, -0.25) is 14.9 Å². The second kappa shape index (κ2) is 14.5. The third-order valence-corrected chi connectivity index (χ3v) is 6.59. The molecule has 0 aliphatic heterocycles. The Labute approximate surface area is 251 Å². The summed E-state index contributed by atoms with van der Waals surface area (Å²) in [6.07, 6.45) is 1.45. The van der Waals surface area contributed by atoms with Crippen LogP contribution in [0.2, 0.25) is 0 Å². The number of non-ortho nitro benzene ring substituents is 1. The molecule has 0 bridgehead atoms. The number of nitriles is 1. The fourth-order valence-electron chi connectivity index (χ4n) is 3.84. The Balaban J connectivity index is 1.45. The fourth-order valence-corrected chi connectivity index (χ4v) is 4.28. The van der Waals surface area contributed by atoms with E-state index >= 15 is 0 Å². The van der Waals surface area contributed by atoms with E-state index < -0.39 is 10.8 Å². The molecule has 0 saturated carbocycles. The number of anilines is 1. The normalized spacial score (nSPS) is 10.8. The van der Waals surface area contributed by atoms with E-state index in [1.807, 2.05) is 43.3 Å². The van der Waals surface area contributed by atoms with Gasteiger partial charge in [0.2, 0.25) is 0 Å². The Hall–Kier alpha value is -5.14. The third kappa shape index (κ3) is 8.19. The smallest absolute Gasteiger partial charge is 0.269 e. The number of nitrogens with one attached hydrogen (secondary N) is 1. The molecule has 0 unspecified atom stereocenters. The lowest BCUT2D eigenvalue weighted by molar-refractivity contribution is -0.384. The van der Waals surface area contributed by atoms with Crippen molar-refractivity contribution in [2.24, 2.45) is 0 Å². The van der Waals surface area contributed by atoms with E-state index in [2.05, 4.69) is 21.2 Å². The van der Waals surface area contributed by atoms with Crippen LogP contribution in [0, 0.1) is 21.4 Å². The molecule has 0 fully saturated rings. The monoisotopic (exact) mass is 627 g/mol. The highest BCUT2D eigenvalue weighted by molar-refractivity contribution is 9.10. The molecule has 0 radical (unpaired) electrons. The number of benzene rings is 4. The van der Waals surface area contributed by atoms with Crippen molar-refractivity contribution in [3.63, 3.8) is 0 Å². The first kappa shape index (κ1) is 29.8. The minimum Gasteiger partial charge on any atom is -0.490 e. The SMILES string of the molecule is CCOc1cc(/C=C(\C#N)C(=O)Nc2ccc(OCc3ccccc3)cc2)c(Br)cc1OCc1cccc([N+](=O)[O-])c1. The van der Waals surface area contributed by atoms with E-state index in [4.69, 9.17) is 14.2 Å². The van der Waals surface area contributed by atoms with Crippen molar-refractivity contribution in [2.45, 2.75) is 20.1 Å². The summed E-state index contributed by atoms with van der Waals surface area (Å²) in [5, 5.41) is 23.5. The van der Waals surface area contributed by atoms with Crippen LogP contribution in [0.4, 0.5) is 11.4 Å². The summed E-state index contributed by atoms with van der Waals surface area (Å²) in [5.41, 5.74) is 2.54. The van der Waals surface area contributed by atoms with E-state index in [0.717, 1.165) is 5.56 Å². The van der Waals surface area contributed by atoms with Crippen LogP contribution in [0.25, 0.3) is 6.08 Å². The Morgan fingerprint density at radius 3 is 2.31 bits per heavy atom. The average Bonchev–Trinajstić information content (AvgIpc) is 3.00. The molecular formula is C32H26BrN3O6. The van der Waals surface area contributed by atoms with Gasteiger partial charge >= 0.3 is 0 Å². The molecule has 0 aliphatic carbocycles. The van der Waals surface area contributed by atoms with Gasteiger partial charge in [0.15, 0.2) is 11.5 Å². The number of rotatable bonds is 12. The van der Waals surface area contributed by atoms with E-state index in [0.29, 0.717) is 51.7 Å². The maximum absolute atomic E-state index is 12.9. The summed E-state index contributed by atoms with van der Waals surface area (Å²) < 4.78 is 18.0.